The van der Waals surface area contributed by atoms with Crippen molar-refractivity contribution in [3.05, 3.63) is 35.7 Å². The molecule has 0 aliphatic heterocycles. The highest BCUT2D eigenvalue weighted by Gasteiger charge is 2.07. The number of rotatable bonds is 4. The van der Waals surface area contributed by atoms with Gasteiger partial charge in [-0.05, 0) is 18.6 Å². The zero-order chi connectivity index (χ0) is 11.4. The van der Waals surface area contributed by atoms with Gasteiger partial charge in [0.1, 0.15) is 5.82 Å². The zero-order valence-electron chi connectivity index (χ0n) is 8.68. The van der Waals surface area contributed by atoms with Gasteiger partial charge in [0.15, 0.2) is 5.82 Å². The molecule has 6 nitrogen and oxygen atoms in total. The molecule has 0 saturated heterocycles. The molecule has 16 heavy (non-hydrogen) atoms. The second-order valence-electron chi connectivity index (χ2n) is 3.37. The predicted octanol–water partition coefficient (Wildman–Crippen LogP) is 0.585. The molecule has 1 unspecified atom stereocenters. The molecule has 0 radical (unpaired) electrons. The largest absolute Gasteiger partial charge is 0.303 e. The van der Waals surface area contributed by atoms with Gasteiger partial charge in [-0.1, -0.05) is 5.21 Å². The number of nitrogens with zero attached hydrogens (tertiary/aromatic N) is 4. The Kier molecular flexibility index (Phi) is 3.16. The van der Waals surface area contributed by atoms with E-state index in [9.17, 15) is 4.39 Å². The van der Waals surface area contributed by atoms with Crippen LogP contribution in [0.2, 0.25) is 0 Å². The van der Waals surface area contributed by atoms with E-state index in [0.717, 1.165) is 5.56 Å². The fraction of sp³-hybridized carbons (Fsp3) is 0.333. The summed E-state index contributed by atoms with van der Waals surface area (Å²) in [5.41, 5.74) is 0.781. The third kappa shape index (κ3) is 2.57. The van der Waals surface area contributed by atoms with Gasteiger partial charge >= 0.3 is 0 Å². The van der Waals surface area contributed by atoms with Gasteiger partial charge in [-0.3, -0.25) is 4.98 Å². The molecule has 84 valence electrons. The molecule has 0 aliphatic rings. The Morgan fingerprint density at radius 3 is 3.06 bits per heavy atom. The van der Waals surface area contributed by atoms with Crippen LogP contribution in [0.1, 0.15) is 24.4 Å². The van der Waals surface area contributed by atoms with Crippen molar-refractivity contribution in [3.63, 3.8) is 0 Å². The van der Waals surface area contributed by atoms with Gasteiger partial charge in [-0.25, -0.2) is 4.39 Å². The van der Waals surface area contributed by atoms with Crippen LogP contribution in [0.5, 0.6) is 0 Å². The highest BCUT2D eigenvalue weighted by Crippen LogP contribution is 2.11. The lowest BCUT2D eigenvalue weighted by atomic mass is 10.1. The summed E-state index contributed by atoms with van der Waals surface area (Å²) < 4.78 is 12.9. The number of halogens is 1. The number of aromatic amines is 1. The minimum absolute atomic E-state index is 0.0262. The van der Waals surface area contributed by atoms with E-state index in [-0.39, 0.29) is 11.9 Å². The molecule has 2 aromatic rings. The Labute approximate surface area is 91.3 Å². The van der Waals surface area contributed by atoms with Crippen molar-refractivity contribution in [3.8, 4) is 0 Å². The van der Waals surface area contributed by atoms with E-state index in [4.69, 9.17) is 0 Å². The number of hydrogen-bond acceptors (Lipinski definition) is 5. The maximum absolute atomic E-state index is 12.9. The predicted molar refractivity (Wildman–Crippen MR) is 53.6 cm³/mol. The summed E-state index contributed by atoms with van der Waals surface area (Å²) in [6, 6.07) is 1.42. The summed E-state index contributed by atoms with van der Waals surface area (Å²) in [5.74, 6) is 0.224. The molecule has 0 aliphatic carbocycles. The average Bonchev–Trinajstić information content (AvgIpc) is 2.78. The Balaban J connectivity index is 1.95. The molecule has 0 bridgehead atoms. The Bertz CT molecular complexity index is 443. The minimum Gasteiger partial charge on any atom is -0.303 e. The standard InChI is InChI=1S/C9H11FN6/c1-6(7-2-8(10)4-11-3-7)12-5-9-13-15-16-14-9/h2-4,6,12H,5H2,1H3,(H,13,14,15,16). The number of nitrogens with one attached hydrogen (secondary N) is 2. The summed E-state index contributed by atoms with van der Waals surface area (Å²) in [6.45, 7) is 2.38. The summed E-state index contributed by atoms with van der Waals surface area (Å²) in [6.07, 6.45) is 2.80. The molecular formula is C9H11FN6. The second-order valence-corrected chi connectivity index (χ2v) is 3.37. The quantitative estimate of drug-likeness (QED) is 0.791. The Morgan fingerprint density at radius 2 is 2.38 bits per heavy atom. The molecule has 2 aromatic heterocycles. The van der Waals surface area contributed by atoms with Crippen LogP contribution in [0.25, 0.3) is 0 Å². The van der Waals surface area contributed by atoms with Crippen molar-refractivity contribution in [2.45, 2.75) is 19.5 Å². The van der Waals surface area contributed by atoms with E-state index >= 15 is 0 Å². The first-order valence-electron chi connectivity index (χ1n) is 4.82. The molecule has 0 saturated carbocycles. The van der Waals surface area contributed by atoms with E-state index in [0.29, 0.717) is 12.4 Å². The summed E-state index contributed by atoms with van der Waals surface area (Å²) in [7, 11) is 0. The smallest absolute Gasteiger partial charge is 0.188 e. The van der Waals surface area contributed by atoms with E-state index in [1.807, 2.05) is 6.92 Å². The first kappa shape index (κ1) is 10.6. The number of H-pyrrole nitrogens is 1. The first-order valence-corrected chi connectivity index (χ1v) is 4.82. The number of pyridine rings is 1. The minimum atomic E-state index is -0.342. The molecule has 1 atom stereocenters. The van der Waals surface area contributed by atoms with Gasteiger partial charge < -0.3 is 5.32 Å². The fourth-order valence-corrected chi connectivity index (χ4v) is 1.28. The molecule has 2 N–H and O–H groups in total. The fourth-order valence-electron chi connectivity index (χ4n) is 1.28. The van der Waals surface area contributed by atoms with E-state index < -0.39 is 0 Å². The Hall–Kier alpha value is -1.89. The number of aromatic nitrogens is 5. The van der Waals surface area contributed by atoms with Crippen molar-refractivity contribution in [2.24, 2.45) is 0 Å². The van der Waals surface area contributed by atoms with Crippen LogP contribution >= 0.6 is 0 Å². The topological polar surface area (TPSA) is 79.4 Å². The molecule has 2 heterocycles. The third-order valence-corrected chi connectivity index (χ3v) is 2.18. The van der Waals surface area contributed by atoms with Gasteiger partial charge in [-0.2, -0.15) is 5.21 Å². The molecular weight excluding hydrogens is 211 g/mol. The van der Waals surface area contributed by atoms with Crippen molar-refractivity contribution in [1.29, 1.82) is 0 Å². The van der Waals surface area contributed by atoms with E-state index in [1.165, 1.54) is 12.3 Å². The monoisotopic (exact) mass is 222 g/mol. The first-order chi connectivity index (χ1) is 7.75. The van der Waals surface area contributed by atoms with Crippen LogP contribution in [0.4, 0.5) is 4.39 Å². The normalized spacial score (nSPS) is 12.6. The molecule has 7 heteroatoms. The van der Waals surface area contributed by atoms with Gasteiger partial charge in [-0.15, -0.1) is 10.2 Å². The van der Waals surface area contributed by atoms with Gasteiger partial charge in [0.05, 0.1) is 12.7 Å². The van der Waals surface area contributed by atoms with Crippen molar-refractivity contribution < 1.29 is 4.39 Å². The van der Waals surface area contributed by atoms with Crippen LogP contribution in [0.15, 0.2) is 18.5 Å². The molecule has 0 amide bonds. The summed E-state index contributed by atoms with van der Waals surface area (Å²) in [4.78, 5) is 3.79. The Morgan fingerprint density at radius 1 is 1.50 bits per heavy atom. The maximum atomic E-state index is 12.9. The van der Waals surface area contributed by atoms with Crippen LogP contribution in [0.3, 0.4) is 0 Å². The second kappa shape index (κ2) is 4.75. The SMILES string of the molecule is CC(NCc1nn[nH]n1)c1cncc(F)c1. The zero-order valence-corrected chi connectivity index (χ0v) is 8.68. The van der Waals surface area contributed by atoms with Gasteiger partial charge in [0.2, 0.25) is 0 Å². The highest BCUT2D eigenvalue weighted by molar-refractivity contribution is 5.14. The summed E-state index contributed by atoms with van der Waals surface area (Å²) in [5, 5.41) is 16.5. The van der Waals surface area contributed by atoms with Crippen molar-refractivity contribution >= 4 is 0 Å². The lowest BCUT2D eigenvalue weighted by Gasteiger charge is -2.11. The van der Waals surface area contributed by atoms with E-state index in [2.05, 4.69) is 30.9 Å². The molecule has 0 aromatic carbocycles. The molecule has 2 rings (SSSR count). The van der Waals surface area contributed by atoms with Crippen LogP contribution in [0, 0.1) is 5.82 Å². The number of hydrogen-bond donors (Lipinski definition) is 2. The summed E-state index contributed by atoms with van der Waals surface area (Å²) >= 11 is 0. The number of tetrazole rings is 1. The van der Waals surface area contributed by atoms with Crippen LogP contribution in [-0.4, -0.2) is 25.6 Å². The molecule has 0 spiro atoms. The van der Waals surface area contributed by atoms with Gasteiger partial charge in [0, 0.05) is 12.2 Å². The lowest BCUT2D eigenvalue weighted by Crippen LogP contribution is -2.19. The van der Waals surface area contributed by atoms with Crippen molar-refractivity contribution in [2.75, 3.05) is 0 Å². The lowest BCUT2D eigenvalue weighted by molar-refractivity contribution is 0.549. The molecule has 0 fully saturated rings. The third-order valence-electron chi connectivity index (χ3n) is 2.18. The van der Waals surface area contributed by atoms with E-state index in [1.54, 1.807) is 6.20 Å². The maximum Gasteiger partial charge on any atom is 0.188 e. The van der Waals surface area contributed by atoms with Crippen LogP contribution in [-0.2, 0) is 6.54 Å². The van der Waals surface area contributed by atoms with Gasteiger partial charge in [0.25, 0.3) is 0 Å². The van der Waals surface area contributed by atoms with Crippen LogP contribution < -0.4 is 5.32 Å². The average molecular weight is 222 g/mol. The highest BCUT2D eigenvalue weighted by atomic mass is 19.1. The van der Waals surface area contributed by atoms with Crippen molar-refractivity contribution in [1.82, 2.24) is 30.9 Å².